The molecule has 1 N–H and O–H groups in total. The molecule has 0 radical (unpaired) electrons. The summed E-state index contributed by atoms with van der Waals surface area (Å²) >= 11 is 0. The number of aliphatic hydroxyl groups is 1. The van der Waals surface area contributed by atoms with E-state index >= 15 is 0 Å². The third kappa shape index (κ3) is 7.68. The van der Waals surface area contributed by atoms with Gasteiger partial charge in [-0.1, -0.05) is 66.2 Å². The Bertz CT molecular complexity index is 1430. The van der Waals surface area contributed by atoms with Crippen molar-refractivity contribution in [1.29, 1.82) is 0 Å². The van der Waals surface area contributed by atoms with Gasteiger partial charge in [-0.25, -0.2) is 0 Å². The van der Waals surface area contributed by atoms with Gasteiger partial charge in [0.05, 0.1) is 26.9 Å². The summed E-state index contributed by atoms with van der Waals surface area (Å²) in [4.78, 5) is 15.7. The Morgan fingerprint density at radius 2 is 1.46 bits per heavy atom. The SMILES string of the molecule is COc1ccc(CCN(C[C@H](O)c2ccc(OCc3ccccc3)cc2)C(=O)c2c(C)cc(C)cc2C)cc1OC. The van der Waals surface area contributed by atoms with Gasteiger partial charge < -0.3 is 24.2 Å². The molecule has 6 heteroatoms. The average Bonchev–Trinajstić information content (AvgIpc) is 2.98. The fraction of sp³-hybridized carbons (Fsp3) is 0.286. The molecule has 4 aromatic carbocycles. The number of ether oxygens (including phenoxy) is 3. The van der Waals surface area contributed by atoms with Crippen molar-refractivity contribution < 1.29 is 24.1 Å². The monoisotopic (exact) mass is 553 g/mol. The fourth-order valence-electron chi connectivity index (χ4n) is 5.09. The molecule has 0 spiro atoms. The lowest BCUT2D eigenvalue weighted by Gasteiger charge is -2.27. The van der Waals surface area contributed by atoms with Crippen LogP contribution in [0.25, 0.3) is 0 Å². The van der Waals surface area contributed by atoms with Crippen molar-refractivity contribution in [3.63, 3.8) is 0 Å². The van der Waals surface area contributed by atoms with E-state index in [1.165, 1.54) is 0 Å². The second-order valence-electron chi connectivity index (χ2n) is 10.3. The number of hydrogen-bond acceptors (Lipinski definition) is 5. The van der Waals surface area contributed by atoms with Crippen LogP contribution in [0.4, 0.5) is 0 Å². The Hall–Kier alpha value is -4.29. The van der Waals surface area contributed by atoms with Gasteiger partial charge in [0.2, 0.25) is 0 Å². The molecule has 1 atom stereocenters. The van der Waals surface area contributed by atoms with Crippen molar-refractivity contribution in [3.8, 4) is 17.2 Å². The third-order valence-corrected chi connectivity index (χ3v) is 7.20. The zero-order valence-corrected chi connectivity index (χ0v) is 24.5. The largest absolute Gasteiger partial charge is 0.493 e. The number of amides is 1. The minimum Gasteiger partial charge on any atom is -0.493 e. The fourth-order valence-corrected chi connectivity index (χ4v) is 5.09. The summed E-state index contributed by atoms with van der Waals surface area (Å²) in [6.45, 7) is 7.00. The highest BCUT2D eigenvalue weighted by molar-refractivity contribution is 5.97. The average molecular weight is 554 g/mol. The standard InChI is InChI=1S/C35H39NO5/c1-24-19-25(2)34(26(3)20-24)35(38)36(18-17-27-11-16-32(39-4)33(21-27)40-5)22-31(37)29-12-14-30(15-13-29)41-23-28-9-7-6-8-10-28/h6-16,19-21,31,37H,17-18,22-23H2,1-5H3/t31-/m0/s1. The van der Waals surface area contributed by atoms with E-state index in [2.05, 4.69) is 0 Å². The molecule has 0 aliphatic rings. The molecule has 0 saturated carbocycles. The normalized spacial score (nSPS) is 11.6. The van der Waals surface area contributed by atoms with E-state index in [1.807, 2.05) is 106 Å². The van der Waals surface area contributed by atoms with Crippen molar-refractivity contribution in [3.05, 3.63) is 124 Å². The van der Waals surface area contributed by atoms with E-state index in [0.29, 0.717) is 36.6 Å². The summed E-state index contributed by atoms with van der Waals surface area (Å²) in [6.07, 6.45) is -0.270. The first-order valence-corrected chi connectivity index (χ1v) is 13.8. The maximum absolute atomic E-state index is 13.9. The molecular formula is C35H39NO5. The van der Waals surface area contributed by atoms with Crippen LogP contribution >= 0.6 is 0 Å². The van der Waals surface area contributed by atoms with Gasteiger partial charge in [-0.3, -0.25) is 4.79 Å². The molecular weight excluding hydrogens is 514 g/mol. The van der Waals surface area contributed by atoms with Crippen LogP contribution in [0, 0.1) is 20.8 Å². The summed E-state index contributed by atoms with van der Waals surface area (Å²) in [6, 6.07) is 27.2. The summed E-state index contributed by atoms with van der Waals surface area (Å²) < 4.78 is 16.7. The molecule has 0 aliphatic heterocycles. The molecule has 0 heterocycles. The number of aliphatic hydroxyl groups excluding tert-OH is 1. The van der Waals surface area contributed by atoms with Crippen LogP contribution < -0.4 is 14.2 Å². The summed E-state index contributed by atoms with van der Waals surface area (Å²) in [5, 5.41) is 11.2. The van der Waals surface area contributed by atoms with Gasteiger partial charge in [0, 0.05) is 12.1 Å². The highest BCUT2D eigenvalue weighted by Crippen LogP contribution is 2.28. The number of carbonyl (C=O) groups excluding carboxylic acids is 1. The number of nitrogens with zero attached hydrogens (tertiary/aromatic N) is 1. The number of carbonyl (C=O) groups is 1. The predicted molar refractivity (Wildman–Crippen MR) is 162 cm³/mol. The van der Waals surface area contributed by atoms with Crippen LogP contribution in [-0.2, 0) is 13.0 Å². The molecule has 0 bridgehead atoms. The predicted octanol–water partition coefficient (Wildman–Crippen LogP) is 6.63. The maximum Gasteiger partial charge on any atom is 0.254 e. The van der Waals surface area contributed by atoms with E-state index in [4.69, 9.17) is 14.2 Å². The highest BCUT2D eigenvalue weighted by Gasteiger charge is 2.23. The number of benzene rings is 4. The van der Waals surface area contributed by atoms with Gasteiger partial charge in [-0.15, -0.1) is 0 Å². The van der Waals surface area contributed by atoms with Gasteiger partial charge in [0.15, 0.2) is 11.5 Å². The number of methoxy groups -OCH3 is 2. The Morgan fingerprint density at radius 1 is 0.805 bits per heavy atom. The van der Waals surface area contributed by atoms with Crippen molar-refractivity contribution in [2.45, 2.75) is 39.9 Å². The highest BCUT2D eigenvalue weighted by atomic mass is 16.5. The molecule has 0 aromatic heterocycles. The summed E-state index contributed by atoms with van der Waals surface area (Å²) in [7, 11) is 3.21. The van der Waals surface area contributed by atoms with Gasteiger partial charge in [0.25, 0.3) is 5.91 Å². The molecule has 6 nitrogen and oxygen atoms in total. The van der Waals surface area contributed by atoms with Crippen molar-refractivity contribution in [2.24, 2.45) is 0 Å². The van der Waals surface area contributed by atoms with Crippen LogP contribution in [-0.4, -0.2) is 43.2 Å². The van der Waals surface area contributed by atoms with Crippen LogP contribution in [0.3, 0.4) is 0 Å². The smallest absolute Gasteiger partial charge is 0.254 e. The Balaban J connectivity index is 1.51. The first kappa shape index (κ1) is 29.7. The topological polar surface area (TPSA) is 68.2 Å². The van der Waals surface area contributed by atoms with E-state index in [1.54, 1.807) is 19.1 Å². The number of aryl methyl sites for hydroxylation is 3. The van der Waals surface area contributed by atoms with Crippen LogP contribution in [0.5, 0.6) is 17.2 Å². The molecule has 0 fully saturated rings. The molecule has 1 amide bonds. The van der Waals surface area contributed by atoms with Gasteiger partial charge >= 0.3 is 0 Å². The van der Waals surface area contributed by atoms with Crippen LogP contribution in [0.15, 0.2) is 84.9 Å². The molecule has 41 heavy (non-hydrogen) atoms. The lowest BCUT2D eigenvalue weighted by atomic mass is 9.98. The number of hydrogen-bond donors (Lipinski definition) is 1. The lowest BCUT2D eigenvalue weighted by molar-refractivity contribution is 0.0623. The van der Waals surface area contributed by atoms with Crippen molar-refractivity contribution in [2.75, 3.05) is 27.3 Å². The molecule has 0 aliphatic carbocycles. The van der Waals surface area contributed by atoms with E-state index in [-0.39, 0.29) is 12.5 Å². The molecule has 214 valence electrons. The van der Waals surface area contributed by atoms with Gasteiger partial charge in [-0.05, 0) is 79.3 Å². The first-order chi connectivity index (χ1) is 19.8. The third-order valence-electron chi connectivity index (χ3n) is 7.20. The minimum absolute atomic E-state index is 0.0951. The Kier molecular flexibility index (Phi) is 10.0. The zero-order chi connectivity index (χ0) is 29.4. The second kappa shape index (κ2) is 13.9. The molecule has 0 saturated heterocycles. The Labute approximate surface area is 243 Å². The van der Waals surface area contributed by atoms with Crippen molar-refractivity contribution in [1.82, 2.24) is 4.90 Å². The van der Waals surface area contributed by atoms with Crippen molar-refractivity contribution >= 4 is 5.91 Å². The summed E-state index contributed by atoms with van der Waals surface area (Å²) in [5.41, 5.74) is 6.46. The molecule has 4 rings (SSSR count). The van der Waals surface area contributed by atoms with Crippen LogP contribution in [0.2, 0.25) is 0 Å². The number of rotatable bonds is 12. The molecule has 0 unspecified atom stereocenters. The van der Waals surface area contributed by atoms with Gasteiger partial charge in [-0.2, -0.15) is 0 Å². The van der Waals surface area contributed by atoms with E-state index in [0.717, 1.165) is 39.1 Å². The lowest BCUT2D eigenvalue weighted by Crippen LogP contribution is -2.37. The van der Waals surface area contributed by atoms with E-state index in [9.17, 15) is 9.90 Å². The maximum atomic E-state index is 13.9. The quantitative estimate of drug-likeness (QED) is 0.213. The molecule has 4 aromatic rings. The van der Waals surface area contributed by atoms with Gasteiger partial charge in [0.1, 0.15) is 12.4 Å². The zero-order valence-electron chi connectivity index (χ0n) is 24.5. The Morgan fingerprint density at radius 3 is 2.10 bits per heavy atom. The summed E-state index contributed by atoms with van der Waals surface area (Å²) in [5.74, 6) is 1.92. The first-order valence-electron chi connectivity index (χ1n) is 13.8. The minimum atomic E-state index is -0.862. The van der Waals surface area contributed by atoms with E-state index < -0.39 is 6.10 Å². The van der Waals surface area contributed by atoms with Crippen LogP contribution in [0.1, 0.15) is 49.8 Å². The second-order valence-corrected chi connectivity index (χ2v) is 10.3.